The Hall–Kier alpha value is -1.35. The lowest BCUT2D eigenvalue weighted by molar-refractivity contribution is 0.647. The van der Waals surface area contributed by atoms with Crippen molar-refractivity contribution in [3.63, 3.8) is 0 Å². The van der Waals surface area contributed by atoms with Gasteiger partial charge in [-0.25, -0.2) is 4.98 Å². The third-order valence-corrected chi connectivity index (χ3v) is 3.71. The molecule has 0 aliphatic rings. The van der Waals surface area contributed by atoms with Crippen LogP contribution in [0.2, 0.25) is 0 Å². The number of nitrogens with zero attached hydrogens (tertiary/aromatic N) is 1. The number of aromatic nitrogens is 1. The molecule has 0 spiro atoms. The topological polar surface area (TPSA) is 38.9 Å². The van der Waals surface area contributed by atoms with Gasteiger partial charge < -0.3 is 5.73 Å². The van der Waals surface area contributed by atoms with E-state index >= 15 is 0 Å². The van der Waals surface area contributed by atoms with Gasteiger partial charge in [0.05, 0.1) is 5.69 Å². The zero-order chi connectivity index (χ0) is 12.4. The summed E-state index contributed by atoms with van der Waals surface area (Å²) < 4.78 is 0. The molecule has 0 atom stereocenters. The highest BCUT2D eigenvalue weighted by Crippen LogP contribution is 2.29. The molecule has 90 valence electrons. The van der Waals surface area contributed by atoms with Gasteiger partial charge in [0.1, 0.15) is 10.0 Å². The molecule has 1 heterocycles. The first-order chi connectivity index (χ1) is 8.06. The Balaban J connectivity index is 2.23. The number of anilines is 1. The Morgan fingerprint density at radius 3 is 2.35 bits per heavy atom. The fourth-order valence-electron chi connectivity index (χ4n) is 1.79. The van der Waals surface area contributed by atoms with Gasteiger partial charge in [-0.2, -0.15) is 0 Å². The monoisotopic (exact) mass is 246 g/mol. The van der Waals surface area contributed by atoms with Crippen LogP contribution in [0.4, 0.5) is 5.00 Å². The lowest BCUT2D eigenvalue weighted by atomic mass is 10.0. The SMILES string of the molecule is Cc1nc(-c2ccc(CC(C)C)cc2)sc1N. The lowest BCUT2D eigenvalue weighted by Gasteiger charge is -2.05. The summed E-state index contributed by atoms with van der Waals surface area (Å²) in [6.07, 6.45) is 1.12. The van der Waals surface area contributed by atoms with E-state index in [1.807, 2.05) is 6.92 Å². The molecule has 1 aromatic heterocycles. The van der Waals surface area contributed by atoms with E-state index in [2.05, 4.69) is 43.1 Å². The molecule has 1 aromatic carbocycles. The largest absolute Gasteiger partial charge is 0.389 e. The summed E-state index contributed by atoms with van der Waals surface area (Å²) in [6.45, 7) is 6.42. The van der Waals surface area contributed by atoms with Crippen LogP contribution in [0.1, 0.15) is 25.1 Å². The van der Waals surface area contributed by atoms with Crippen LogP contribution in [-0.4, -0.2) is 4.98 Å². The van der Waals surface area contributed by atoms with E-state index < -0.39 is 0 Å². The van der Waals surface area contributed by atoms with E-state index in [0.29, 0.717) is 5.92 Å². The fraction of sp³-hybridized carbons (Fsp3) is 0.357. The summed E-state index contributed by atoms with van der Waals surface area (Å²) in [6, 6.07) is 8.63. The zero-order valence-electron chi connectivity index (χ0n) is 10.5. The average Bonchev–Trinajstić information content (AvgIpc) is 2.59. The molecule has 0 bridgehead atoms. The minimum atomic E-state index is 0.693. The molecule has 0 unspecified atom stereocenters. The molecule has 17 heavy (non-hydrogen) atoms. The van der Waals surface area contributed by atoms with Gasteiger partial charge in [-0.1, -0.05) is 49.4 Å². The Labute approximate surface area is 107 Å². The van der Waals surface area contributed by atoms with Crippen LogP contribution in [0.3, 0.4) is 0 Å². The quantitative estimate of drug-likeness (QED) is 0.892. The van der Waals surface area contributed by atoms with Gasteiger partial charge in [0.25, 0.3) is 0 Å². The molecule has 2 N–H and O–H groups in total. The van der Waals surface area contributed by atoms with Crippen LogP contribution in [0, 0.1) is 12.8 Å². The van der Waals surface area contributed by atoms with E-state index in [1.54, 1.807) is 11.3 Å². The van der Waals surface area contributed by atoms with Crippen LogP contribution in [0.5, 0.6) is 0 Å². The Morgan fingerprint density at radius 1 is 1.24 bits per heavy atom. The maximum Gasteiger partial charge on any atom is 0.125 e. The summed E-state index contributed by atoms with van der Waals surface area (Å²) >= 11 is 1.55. The average molecular weight is 246 g/mol. The summed E-state index contributed by atoms with van der Waals surface area (Å²) in [5, 5.41) is 1.82. The molecule has 0 saturated carbocycles. The Kier molecular flexibility index (Phi) is 3.48. The molecule has 0 saturated heterocycles. The van der Waals surface area contributed by atoms with E-state index in [1.165, 1.54) is 5.56 Å². The number of benzene rings is 1. The third kappa shape index (κ3) is 2.86. The molecule has 0 aliphatic heterocycles. The maximum atomic E-state index is 5.83. The van der Waals surface area contributed by atoms with Crippen molar-refractivity contribution in [3.05, 3.63) is 35.5 Å². The van der Waals surface area contributed by atoms with Crippen molar-refractivity contribution in [1.29, 1.82) is 0 Å². The van der Waals surface area contributed by atoms with Crippen molar-refractivity contribution in [2.75, 3.05) is 5.73 Å². The molecular formula is C14H18N2S. The molecular weight excluding hydrogens is 228 g/mol. The highest BCUT2D eigenvalue weighted by molar-refractivity contribution is 7.18. The Morgan fingerprint density at radius 2 is 1.88 bits per heavy atom. The molecule has 3 heteroatoms. The minimum absolute atomic E-state index is 0.693. The number of thiazole rings is 1. The normalized spacial score (nSPS) is 11.1. The van der Waals surface area contributed by atoms with Gasteiger partial charge in [0.15, 0.2) is 0 Å². The summed E-state index contributed by atoms with van der Waals surface area (Å²) in [7, 11) is 0. The van der Waals surface area contributed by atoms with Gasteiger partial charge in [-0.05, 0) is 24.8 Å². The molecule has 0 amide bonds. The Bertz CT molecular complexity index is 478. The van der Waals surface area contributed by atoms with Crippen molar-refractivity contribution in [1.82, 2.24) is 4.98 Å². The lowest BCUT2D eigenvalue weighted by Crippen LogP contribution is -1.93. The standard InChI is InChI=1S/C14H18N2S/c1-9(2)8-11-4-6-12(7-5-11)14-16-10(3)13(15)17-14/h4-7,9H,8,15H2,1-3H3. The molecule has 2 nitrogen and oxygen atoms in total. The fourth-order valence-corrected chi connectivity index (χ4v) is 2.62. The van der Waals surface area contributed by atoms with Crippen molar-refractivity contribution in [3.8, 4) is 10.6 Å². The van der Waals surface area contributed by atoms with E-state index in [0.717, 1.165) is 27.7 Å². The van der Waals surface area contributed by atoms with Crippen molar-refractivity contribution >= 4 is 16.3 Å². The first kappa shape index (κ1) is 12.1. The second-order valence-electron chi connectivity index (χ2n) is 4.76. The van der Waals surface area contributed by atoms with E-state index in [4.69, 9.17) is 5.73 Å². The molecule has 0 aliphatic carbocycles. The first-order valence-electron chi connectivity index (χ1n) is 5.88. The third-order valence-electron chi connectivity index (χ3n) is 2.68. The molecule has 2 rings (SSSR count). The zero-order valence-corrected chi connectivity index (χ0v) is 11.3. The number of aryl methyl sites for hydroxylation is 1. The van der Waals surface area contributed by atoms with Gasteiger partial charge in [-0.3, -0.25) is 0 Å². The second-order valence-corrected chi connectivity index (χ2v) is 5.79. The molecule has 2 aromatic rings. The van der Waals surface area contributed by atoms with Crippen LogP contribution in [-0.2, 0) is 6.42 Å². The highest BCUT2D eigenvalue weighted by atomic mass is 32.1. The smallest absolute Gasteiger partial charge is 0.125 e. The van der Waals surface area contributed by atoms with Gasteiger partial charge in [0.2, 0.25) is 0 Å². The van der Waals surface area contributed by atoms with Gasteiger partial charge >= 0.3 is 0 Å². The number of rotatable bonds is 3. The van der Waals surface area contributed by atoms with Crippen molar-refractivity contribution < 1.29 is 0 Å². The number of nitrogen functional groups attached to an aromatic ring is 1. The van der Waals surface area contributed by atoms with E-state index in [-0.39, 0.29) is 0 Å². The van der Waals surface area contributed by atoms with Crippen LogP contribution < -0.4 is 5.73 Å². The maximum absolute atomic E-state index is 5.83. The van der Waals surface area contributed by atoms with E-state index in [9.17, 15) is 0 Å². The van der Waals surface area contributed by atoms with Gasteiger partial charge in [0, 0.05) is 5.56 Å². The van der Waals surface area contributed by atoms with Crippen molar-refractivity contribution in [2.24, 2.45) is 5.92 Å². The summed E-state index contributed by atoms with van der Waals surface area (Å²) in [4.78, 5) is 4.46. The minimum Gasteiger partial charge on any atom is -0.389 e. The van der Waals surface area contributed by atoms with Crippen LogP contribution >= 0.6 is 11.3 Å². The number of nitrogens with two attached hydrogens (primary N) is 1. The highest BCUT2D eigenvalue weighted by Gasteiger charge is 2.06. The summed E-state index contributed by atoms with van der Waals surface area (Å²) in [5.41, 5.74) is 9.29. The predicted molar refractivity (Wildman–Crippen MR) is 75.2 cm³/mol. The molecule has 0 radical (unpaired) electrons. The predicted octanol–water partition coefficient (Wildman–Crippen LogP) is 3.90. The first-order valence-corrected chi connectivity index (χ1v) is 6.70. The summed E-state index contributed by atoms with van der Waals surface area (Å²) in [5.74, 6) is 0.693. The van der Waals surface area contributed by atoms with Crippen LogP contribution in [0.15, 0.2) is 24.3 Å². The van der Waals surface area contributed by atoms with Crippen molar-refractivity contribution in [2.45, 2.75) is 27.2 Å². The number of hydrogen-bond acceptors (Lipinski definition) is 3. The second kappa shape index (κ2) is 4.88. The number of hydrogen-bond donors (Lipinski definition) is 1. The molecule has 0 fully saturated rings. The van der Waals surface area contributed by atoms with Crippen LogP contribution in [0.25, 0.3) is 10.6 Å². The van der Waals surface area contributed by atoms with Gasteiger partial charge in [-0.15, -0.1) is 0 Å².